The van der Waals surface area contributed by atoms with Crippen molar-refractivity contribution in [2.45, 2.75) is 32.4 Å². The van der Waals surface area contributed by atoms with Gasteiger partial charge in [0.05, 0.1) is 11.6 Å². The number of Topliss-reactive ketones (excluding diaryl/α,β-unsaturated/α-hetero) is 1. The molecule has 0 aliphatic carbocycles. The van der Waals surface area contributed by atoms with Gasteiger partial charge in [-0.2, -0.15) is 0 Å². The van der Waals surface area contributed by atoms with Gasteiger partial charge >= 0.3 is 5.97 Å². The van der Waals surface area contributed by atoms with Gasteiger partial charge in [0.25, 0.3) is 0 Å². The first-order chi connectivity index (χ1) is 11.9. The molecule has 7 nitrogen and oxygen atoms in total. The molecule has 1 aliphatic rings. The molecule has 1 aromatic heterocycles. The van der Waals surface area contributed by atoms with Crippen LogP contribution in [0.15, 0.2) is 24.4 Å². The SMILES string of the molecule is CC(=O)c1cn(CC(=O)N2CCCC2C=O)c2ccc(C(=O)O)cc12. The van der Waals surface area contributed by atoms with E-state index >= 15 is 0 Å². The summed E-state index contributed by atoms with van der Waals surface area (Å²) in [5.41, 5.74) is 1.07. The predicted octanol–water partition coefficient (Wildman–Crippen LogP) is 1.73. The monoisotopic (exact) mass is 342 g/mol. The van der Waals surface area contributed by atoms with Crippen molar-refractivity contribution in [1.82, 2.24) is 9.47 Å². The average Bonchev–Trinajstić information content (AvgIpc) is 3.19. The lowest BCUT2D eigenvalue weighted by Crippen LogP contribution is -2.38. The third-order valence-corrected chi connectivity index (χ3v) is 4.59. The molecule has 1 N–H and O–H groups in total. The number of aromatic carboxylic acids is 1. The Morgan fingerprint density at radius 3 is 2.72 bits per heavy atom. The van der Waals surface area contributed by atoms with Crippen LogP contribution >= 0.6 is 0 Å². The molecule has 1 saturated heterocycles. The number of carbonyl (C=O) groups is 4. The van der Waals surface area contributed by atoms with E-state index in [0.29, 0.717) is 29.4 Å². The lowest BCUT2D eigenvalue weighted by atomic mass is 10.1. The second-order valence-electron chi connectivity index (χ2n) is 6.20. The van der Waals surface area contributed by atoms with Crippen LogP contribution in [0.5, 0.6) is 0 Å². The highest BCUT2D eigenvalue weighted by molar-refractivity contribution is 6.08. The van der Waals surface area contributed by atoms with Gasteiger partial charge in [-0.3, -0.25) is 9.59 Å². The standard InChI is InChI=1S/C18H18N2O5/c1-11(22)15-8-19(9-17(23)20-6-2-3-13(20)10-21)16-5-4-12(18(24)25)7-14(15)16/h4-5,7-8,10,13H,2-3,6,9H2,1H3,(H,24,25). The van der Waals surface area contributed by atoms with Gasteiger partial charge in [-0.15, -0.1) is 0 Å². The molecule has 2 heterocycles. The summed E-state index contributed by atoms with van der Waals surface area (Å²) in [5.74, 6) is -1.47. The quantitative estimate of drug-likeness (QED) is 0.659. The van der Waals surface area contributed by atoms with E-state index < -0.39 is 5.97 Å². The van der Waals surface area contributed by atoms with Gasteiger partial charge in [0.1, 0.15) is 12.8 Å². The van der Waals surface area contributed by atoms with Crippen molar-refractivity contribution in [2.75, 3.05) is 6.54 Å². The normalized spacial score (nSPS) is 17.0. The van der Waals surface area contributed by atoms with Crippen molar-refractivity contribution in [3.05, 3.63) is 35.5 Å². The Bertz CT molecular complexity index is 883. The van der Waals surface area contributed by atoms with Gasteiger partial charge < -0.3 is 19.4 Å². The summed E-state index contributed by atoms with van der Waals surface area (Å²) in [4.78, 5) is 48.2. The van der Waals surface area contributed by atoms with Crippen molar-refractivity contribution < 1.29 is 24.3 Å². The van der Waals surface area contributed by atoms with E-state index in [1.54, 1.807) is 21.7 Å². The maximum absolute atomic E-state index is 12.5. The van der Waals surface area contributed by atoms with Crippen molar-refractivity contribution in [3.63, 3.8) is 0 Å². The Kier molecular flexibility index (Phi) is 4.39. The molecule has 0 spiro atoms. The zero-order valence-electron chi connectivity index (χ0n) is 13.8. The predicted molar refractivity (Wildman–Crippen MR) is 89.7 cm³/mol. The maximum atomic E-state index is 12.5. The number of hydrogen-bond acceptors (Lipinski definition) is 4. The summed E-state index contributed by atoms with van der Waals surface area (Å²) in [6, 6.07) is 4.10. The van der Waals surface area contributed by atoms with E-state index in [4.69, 9.17) is 5.11 Å². The van der Waals surface area contributed by atoms with E-state index in [-0.39, 0.29) is 29.8 Å². The van der Waals surface area contributed by atoms with E-state index in [0.717, 1.165) is 12.7 Å². The highest BCUT2D eigenvalue weighted by atomic mass is 16.4. The van der Waals surface area contributed by atoms with Crippen LogP contribution in [0.4, 0.5) is 0 Å². The number of hydrogen-bond donors (Lipinski definition) is 1. The molecule has 1 aliphatic heterocycles. The van der Waals surface area contributed by atoms with Gasteiger partial charge in [0.2, 0.25) is 5.91 Å². The largest absolute Gasteiger partial charge is 0.478 e. The molecule has 2 aromatic rings. The lowest BCUT2D eigenvalue weighted by Gasteiger charge is -2.20. The number of amides is 1. The van der Waals surface area contributed by atoms with E-state index in [2.05, 4.69) is 0 Å². The minimum absolute atomic E-state index is 0.000534. The fourth-order valence-corrected chi connectivity index (χ4v) is 3.32. The van der Waals surface area contributed by atoms with Crippen molar-refractivity contribution in [2.24, 2.45) is 0 Å². The summed E-state index contributed by atoms with van der Waals surface area (Å²) in [5, 5.41) is 9.65. The molecule has 7 heteroatoms. The highest BCUT2D eigenvalue weighted by Gasteiger charge is 2.28. The first-order valence-corrected chi connectivity index (χ1v) is 8.04. The number of likely N-dealkylation sites (tertiary alicyclic amines) is 1. The summed E-state index contributed by atoms with van der Waals surface area (Å²) in [7, 11) is 0. The Morgan fingerprint density at radius 2 is 2.08 bits per heavy atom. The number of carboxylic acids is 1. The zero-order valence-corrected chi connectivity index (χ0v) is 13.8. The van der Waals surface area contributed by atoms with E-state index in [1.165, 1.54) is 19.1 Å². The van der Waals surface area contributed by atoms with Crippen molar-refractivity contribution in [1.29, 1.82) is 0 Å². The van der Waals surface area contributed by atoms with Crippen molar-refractivity contribution in [3.8, 4) is 0 Å². The average molecular weight is 342 g/mol. The number of benzene rings is 1. The lowest BCUT2D eigenvalue weighted by molar-refractivity contribution is -0.135. The topological polar surface area (TPSA) is 96.7 Å². The molecule has 3 rings (SSSR count). The number of aldehydes is 1. The van der Waals surface area contributed by atoms with Crippen LogP contribution < -0.4 is 0 Å². The number of aromatic nitrogens is 1. The smallest absolute Gasteiger partial charge is 0.335 e. The summed E-state index contributed by atoms with van der Waals surface area (Å²) >= 11 is 0. The second-order valence-corrected chi connectivity index (χ2v) is 6.20. The third-order valence-electron chi connectivity index (χ3n) is 4.59. The second kappa shape index (κ2) is 6.51. The fourth-order valence-electron chi connectivity index (χ4n) is 3.32. The number of ketones is 1. The summed E-state index contributed by atoms with van der Waals surface area (Å²) in [6.07, 6.45) is 3.83. The van der Waals surface area contributed by atoms with Crippen LogP contribution in [0.25, 0.3) is 10.9 Å². The Balaban J connectivity index is 1.99. The van der Waals surface area contributed by atoms with Gasteiger partial charge in [-0.05, 0) is 38.0 Å². The van der Waals surface area contributed by atoms with Crippen LogP contribution in [-0.4, -0.2) is 51.1 Å². The number of nitrogens with zero attached hydrogens (tertiary/aromatic N) is 2. The fraction of sp³-hybridized carbons (Fsp3) is 0.333. The van der Waals surface area contributed by atoms with Gasteiger partial charge in [0.15, 0.2) is 5.78 Å². The highest BCUT2D eigenvalue weighted by Crippen LogP contribution is 2.25. The molecule has 25 heavy (non-hydrogen) atoms. The first-order valence-electron chi connectivity index (χ1n) is 8.04. The van der Waals surface area contributed by atoms with Crippen molar-refractivity contribution >= 4 is 34.8 Å². The van der Waals surface area contributed by atoms with Crippen LogP contribution in [0, 0.1) is 0 Å². The molecule has 1 unspecified atom stereocenters. The van der Waals surface area contributed by atoms with Crippen LogP contribution in [0.3, 0.4) is 0 Å². The van der Waals surface area contributed by atoms with Crippen LogP contribution in [0.1, 0.15) is 40.5 Å². The number of carbonyl (C=O) groups excluding carboxylic acids is 3. The maximum Gasteiger partial charge on any atom is 0.335 e. The Morgan fingerprint density at radius 1 is 1.32 bits per heavy atom. The van der Waals surface area contributed by atoms with Crippen LogP contribution in [0.2, 0.25) is 0 Å². The molecule has 0 saturated carbocycles. The number of rotatable bonds is 5. The molecule has 1 aromatic carbocycles. The molecule has 0 radical (unpaired) electrons. The third kappa shape index (κ3) is 3.05. The summed E-state index contributed by atoms with van der Waals surface area (Å²) < 4.78 is 1.64. The minimum atomic E-state index is -1.08. The molecule has 130 valence electrons. The number of fused-ring (bicyclic) bond motifs is 1. The van der Waals surface area contributed by atoms with Gasteiger partial charge in [-0.1, -0.05) is 0 Å². The Labute approximate surface area is 143 Å². The molecule has 1 atom stereocenters. The summed E-state index contributed by atoms with van der Waals surface area (Å²) in [6.45, 7) is 1.95. The number of carboxylic acid groups (broad SMARTS) is 1. The molecule has 1 amide bonds. The first kappa shape index (κ1) is 16.9. The molecule has 1 fully saturated rings. The van der Waals surface area contributed by atoms with Crippen LogP contribution in [-0.2, 0) is 16.1 Å². The zero-order chi connectivity index (χ0) is 18.1. The van der Waals surface area contributed by atoms with E-state index in [1.807, 2.05) is 0 Å². The van der Waals surface area contributed by atoms with Gasteiger partial charge in [-0.25, -0.2) is 4.79 Å². The molecule has 0 bridgehead atoms. The van der Waals surface area contributed by atoms with Gasteiger partial charge in [0, 0.05) is 29.2 Å². The Hall–Kier alpha value is -2.96. The van der Waals surface area contributed by atoms with E-state index in [9.17, 15) is 19.2 Å². The molecular formula is C18H18N2O5. The molecular weight excluding hydrogens is 324 g/mol. The minimum Gasteiger partial charge on any atom is -0.478 e.